The lowest BCUT2D eigenvalue weighted by molar-refractivity contribution is -0.0581. The molecule has 8 atom stereocenters. The summed E-state index contributed by atoms with van der Waals surface area (Å²) in [6.45, 7) is 13.7. The maximum absolute atomic E-state index is 12.5. The average molecular weight is 555 g/mol. The Bertz CT molecular complexity index is 924. The van der Waals surface area contributed by atoms with Crippen LogP contribution in [0.3, 0.4) is 0 Å². The fourth-order valence-corrected chi connectivity index (χ4v) is 9.85. The maximum atomic E-state index is 12.5. The first-order valence-electron chi connectivity index (χ1n) is 16.9. The number of nitrogens with one attached hydrogen (secondary N) is 1. The number of unbranched alkanes of at least 4 members (excludes halogenated alkanes) is 3. The van der Waals surface area contributed by atoms with Crippen LogP contribution in [0.4, 0.5) is 4.79 Å². The molecule has 0 aromatic rings. The molecule has 4 aliphatic rings. The van der Waals surface area contributed by atoms with E-state index in [9.17, 15) is 9.59 Å². The normalized spacial score (nSPS) is 35.5. The highest BCUT2D eigenvalue weighted by atomic mass is 16.6. The Balaban J connectivity index is 1.27. The van der Waals surface area contributed by atoms with Crippen molar-refractivity contribution in [1.82, 2.24) is 5.32 Å². The second-order valence-corrected chi connectivity index (χ2v) is 14.9. The van der Waals surface area contributed by atoms with Gasteiger partial charge in [-0.2, -0.15) is 0 Å². The lowest BCUT2D eigenvalue weighted by Crippen LogP contribution is -2.51. The molecule has 4 rings (SSSR count). The summed E-state index contributed by atoms with van der Waals surface area (Å²) >= 11 is 0. The van der Waals surface area contributed by atoms with Gasteiger partial charge in [0.05, 0.1) is 6.54 Å². The molecule has 3 fully saturated rings. The number of carbonyl (C=O) groups is 1. The van der Waals surface area contributed by atoms with E-state index in [4.69, 9.17) is 4.74 Å². The van der Waals surface area contributed by atoms with Gasteiger partial charge in [-0.3, -0.25) is 0 Å². The van der Waals surface area contributed by atoms with Crippen LogP contribution in [0, 0.1) is 46.3 Å². The zero-order chi connectivity index (χ0) is 28.8. The van der Waals surface area contributed by atoms with Gasteiger partial charge in [-0.15, -0.1) is 0 Å². The Morgan fingerprint density at radius 2 is 1.82 bits per heavy atom. The predicted molar refractivity (Wildman–Crippen MR) is 163 cm³/mol. The van der Waals surface area contributed by atoms with Crippen LogP contribution in [0.1, 0.15) is 131 Å². The van der Waals surface area contributed by atoms with Gasteiger partial charge in [0.15, 0.2) is 0 Å². The van der Waals surface area contributed by atoms with E-state index in [1.165, 1.54) is 51.4 Å². The van der Waals surface area contributed by atoms with Crippen molar-refractivity contribution in [3.63, 3.8) is 0 Å². The molecule has 0 spiro atoms. The zero-order valence-corrected chi connectivity index (χ0v) is 26.3. The minimum absolute atomic E-state index is 0.00786. The number of aliphatic imine (C=N–C) groups is 1. The Morgan fingerprint density at radius 3 is 2.60 bits per heavy atom. The van der Waals surface area contributed by atoms with E-state index in [0.29, 0.717) is 18.5 Å². The van der Waals surface area contributed by atoms with Crippen molar-refractivity contribution in [2.24, 2.45) is 51.3 Å². The molecule has 4 aliphatic carbocycles. The minimum Gasteiger partial charge on any atom is -0.446 e. The highest BCUT2D eigenvalue weighted by molar-refractivity contribution is 5.67. The highest BCUT2D eigenvalue weighted by Crippen LogP contribution is 2.67. The van der Waals surface area contributed by atoms with Crippen molar-refractivity contribution in [2.45, 2.75) is 137 Å². The third-order valence-electron chi connectivity index (χ3n) is 12.1. The first-order chi connectivity index (χ1) is 19.2. The van der Waals surface area contributed by atoms with Crippen LogP contribution >= 0.6 is 0 Å². The molecule has 1 amide bonds. The Kier molecular flexibility index (Phi) is 11.0. The van der Waals surface area contributed by atoms with Gasteiger partial charge in [0, 0.05) is 13.0 Å². The lowest BCUT2D eigenvalue weighted by atomic mass is 9.47. The van der Waals surface area contributed by atoms with E-state index < -0.39 is 0 Å². The summed E-state index contributed by atoms with van der Waals surface area (Å²) in [5.74, 6) is 5.11. The van der Waals surface area contributed by atoms with E-state index in [1.54, 1.807) is 11.7 Å². The largest absolute Gasteiger partial charge is 0.446 e. The van der Waals surface area contributed by atoms with Crippen LogP contribution in [-0.4, -0.2) is 31.4 Å². The number of fused-ring (bicyclic) bond motifs is 5. The summed E-state index contributed by atoms with van der Waals surface area (Å²) < 4.78 is 5.90. The van der Waals surface area contributed by atoms with Gasteiger partial charge in [-0.05, 0) is 104 Å². The molecular formula is C35H58N2O3. The monoisotopic (exact) mass is 554 g/mol. The fourth-order valence-electron chi connectivity index (χ4n) is 9.85. The number of nitrogens with zero attached hydrogens (tertiary/aromatic N) is 1. The number of isocyanates is 1. The quantitative estimate of drug-likeness (QED) is 0.107. The van der Waals surface area contributed by atoms with Crippen LogP contribution in [0.25, 0.3) is 0 Å². The minimum atomic E-state index is -0.263. The molecule has 0 aromatic carbocycles. The Labute approximate surface area is 244 Å². The molecule has 1 N–H and O–H groups in total. The summed E-state index contributed by atoms with van der Waals surface area (Å²) in [6, 6.07) is 0. The van der Waals surface area contributed by atoms with E-state index in [0.717, 1.165) is 80.5 Å². The standard InChI is InChI=1S/C35H58N2O3/c1-25(2)11-10-12-26(3)30-15-16-31-29-14-13-27-23-28(17-19-34(27,4)32(29)18-20-35(30,31)5)40-33(39)37-22-9-7-6-8-21-36-24-38/h13,25-26,28-32H,6-12,14-23H2,1-5H3,(H,37,39). The smallest absolute Gasteiger partial charge is 0.407 e. The summed E-state index contributed by atoms with van der Waals surface area (Å²) in [4.78, 5) is 26.2. The van der Waals surface area contributed by atoms with E-state index in [1.807, 2.05) is 0 Å². The van der Waals surface area contributed by atoms with Gasteiger partial charge in [-0.25, -0.2) is 14.6 Å². The van der Waals surface area contributed by atoms with Gasteiger partial charge in [0.1, 0.15) is 6.10 Å². The predicted octanol–water partition coefficient (Wildman–Crippen LogP) is 9.02. The second kappa shape index (κ2) is 14.0. The molecule has 226 valence electrons. The van der Waals surface area contributed by atoms with Gasteiger partial charge in [0.2, 0.25) is 6.08 Å². The summed E-state index contributed by atoms with van der Waals surface area (Å²) in [5.41, 5.74) is 2.40. The number of rotatable bonds is 13. The van der Waals surface area contributed by atoms with Crippen LogP contribution in [0.5, 0.6) is 0 Å². The van der Waals surface area contributed by atoms with Crippen molar-refractivity contribution in [3.8, 4) is 0 Å². The molecule has 0 aliphatic heterocycles. The summed E-state index contributed by atoms with van der Waals surface area (Å²) in [6.07, 6.45) is 21.9. The fraction of sp³-hybridized carbons (Fsp3) is 0.886. The van der Waals surface area contributed by atoms with Gasteiger partial charge < -0.3 is 10.1 Å². The molecule has 5 nitrogen and oxygen atoms in total. The molecule has 0 bridgehead atoms. The molecule has 0 saturated heterocycles. The zero-order valence-electron chi connectivity index (χ0n) is 26.3. The van der Waals surface area contributed by atoms with E-state index in [2.05, 4.69) is 51.0 Å². The van der Waals surface area contributed by atoms with Crippen molar-refractivity contribution in [2.75, 3.05) is 13.1 Å². The molecule has 40 heavy (non-hydrogen) atoms. The third kappa shape index (κ3) is 7.05. The number of ether oxygens (including phenoxy) is 1. The number of carbonyl (C=O) groups excluding carboxylic acids is 2. The van der Waals surface area contributed by atoms with Gasteiger partial charge in [0.25, 0.3) is 0 Å². The topological polar surface area (TPSA) is 67.8 Å². The van der Waals surface area contributed by atoms with Crippen LogP contribution < -0.4 is 5.32 Å². The first kappa shape index (κ1) is 31.3. The average Bonchev–Trinajstić information content (AvgIpc) is 3.27. The lowest BCUT2D eigenvalue weighted by Gasteiger charge is -2.58. The number of alkyl carbamates (subject to hydrolysis) is 1. The van der Waals surface area contributed by atoms with E-state index in [-0.39, 0.29) is 17.6 Å². The SMILES string of the molecule is CC(C)CCCC(C)C1CCC2C3CC=C4CC(OC(=O)NCCCCCCN=C=O)CCC4(C)C3CCC12C. The molecule has 5 heteroatoms. The Morgan fingerprint density at radius 1 is 1.02 bits per heavy atom. The molecule has 0 aromatic heterocycles. The van der Waals surface area contributed by atoms with Gasteiger partial charge >= 0.3 is 6.09 Å². The number of allylic oxidation sites excluding steroid dienone is 1. The number of hydrogen-bond acceptors (Lipinski definition) is 4. The molecule has 0 radical (unpaired) electrons. The van der Waals surface area contributed by atoms with Crippen LogP contribution in [0.15, 0.2) is 16.6 Å². The molecule has 0 heterocycles. The molecule has 8 unspecified atom stereocenters. The van der Waals surface area contributed by atoms with Crippen molar-refractivity contribution < 1.29 is 14.3 Å². The van der Waals surface area contributed by atoms with Crippen molar-refractivity contribution in [3.05, 3.63) is 11.6 Å². The molecular weight excluding hydrogens is 496 g/mol. The molecule has 3 saturated carbocycles. The maximum Gasteiger partial charge on any atom is 0.407 e. The van der Waals surface area contributed by atoms with E-state index >= 15 is 0 Å². The van der Waals surface area contributed by atoms with Crippen LogP contribution in [0.2, 0.25) is 0 Å². The van der Waals surface area contributed by atoms with Gasteiger partial charge in [-0.1, -0.05) is 78.4 Å². The van der Waals surface area contributed by atoms with Crippen molar-refractivity contribution >= 4 is 12.2 Å². The summed E-state index contributed by atoms with van der Waals surface area (Å²) in [5, 5.41) is 2.95. The van der Waals surface area contributed by atoms with Crippen molar-refractivity contribution in [1.29, 1.82) is 0 Å². The highest BCUT2D eigenvalue weighted by Gasteiger charge is 2.59. The number of hydrogen-bond donors (Lipinski definition) is 1. The number of amides is 1. The first-order valence-corrected chi connectivity index (χ1v) is 16.9. The summed E-state index contributed by atoms with van der Waals surface area (Å²) in [7, 11) is 0. The second-order valence-electron chi connectivity index (χ2n) is 14.9. The van der Waals surface area contributed by atoms with Crippen LogP contribution in [-0.2, 0) is 9.53 Å². The third-order valence-corrected chi connectivity index (χ3v) is 12.1. The Hall–Kier alpha value is -1.61.